The Balaban J connectivity index is 2.45. The lowest BCUT2D eigenvalue weighted by Crippen LogP contribution is -2.13. The van der Waals surface area contributed by atoms with Gasteiger partial charge in [-0.2, -0.15) is 0 Å². The summed E-state index contributed by atoms with van der Waals surface area (Å²) in [7, 11) is 0. The van der Waals surface area contributed by atoms with Crippen LogP contribution in [-0.2, 0) is 9.59 Å². The molecule has 3 rings (SSSR count). The van der Waals surface area contributed by atoms with Gasteiger partial charge in [0.15, 0.2) is 5.57 Å². The third-order valence-corrected chi connectivity index (χ3v) is 3.36. The van der Waals surface area contributed by atoms with E-state index < -0.39 is 17.5 Å². The molecule has 0 heterocycles. The van der Waals surface area contributed by atoms with E-state index in [1.165, 1.54) is 0 Å². The highest BCUT2D eigenvalue weighted by molar-refractivity contribution is 6.23. The maximum absolute atomic E-state index is 11.3. The fourth-order valence-electron chi connectivity index (χ4n) is 2.59. The Morgan fingerprint density at radius 2 is 1.00 bits per heavy atom. The molecule has 2 aromatic carbocycles. The van der Waals surface area contributed by atoms with Crippen LogP contribution in [0.25, 0.3) is 16.7 Å². The summed E-state index contributed by atoms with van der Waals surface area (Å²) in [6, 6.07) is 14.5. The topological polar surface area (TPSA) is 74.6 Å². The Morgan fingerprint density at radius 3 is 1.35 bits per heavy atom. The normalized spacial score (nSPS) is 11.7. The zero-order valence-corrected chi connectivity index (χ0v) is 10.3. The number of carbonyl (C=O) groups is 2. The van der Waals surface area contributed by atoms with Crippen molar-refractivity contribution in [1.29, 1.82) is 0 Å². The van der Waals surface area contributed by atoms with E-state index in [4.69, 9.17) is 0 Å². The number of benzene rings is 2. The molecule has 1 aliphatic carbocycles. The summed E-state index contributed by atoms with van der Waals surface area (Å²) >= 11 is 0. The highest BCUT2D eigenvalue weighted by atomic mass is 16.4. The van der Waals surface area contributed by atoms with Crippen LogP contribution >= 0.6 is 0 Å². The number of carboxylic acids is 2. The van der Waals surface area contributed by atoms with E-state index in [0.717, 1.165) is 11.1 Å². The summed E-state index contributed by atoms with van der Waals surface area (Å²) in [5.74, 6) is -2.86. The Hall–Kier alpha value is -2.88. The largest absolute Gasteiger partial charge is 0.477 e. The third-order valence-electron chi connectivity index (χ3n) is 3.36. The molecule has 4 heteroatoms. The number of hydrogen-bond donors (Lipinski definition) is 2. The maximum Gasteiger partial charge on any atom is 0.343 e. The van der Waals surface area contributed by atoms with Crippen LogP contribution in [0.15, 0.2) is 54.1 Å². The molecule has 1 aliphatic rings. The van der Waals surface area contributed by atoms with Crippen molar-refractivity contribution in [1.82, 2.24) is 0 Å². The molecule has 0 radical (unpaired) electrons. The van der Waals surface area contributed by atoms with Crippen molar-refractivity contribution in [3.63, 3.8) is 0 Å². The Labute approximate surface area is 114 Å². The van der Waals surface area contributed by atoms with Gasteiger partial charge in [-0.25, -0.2) is 9.59 Å². The standard InChI is InChI=1S/C16H10O4/c17-15(18)14(16(19)20)13-11-7-3-1-5-9(11)10-6-2-4-8-12(10)13/h1-8H,(H,17,18)(H,19,20). The average Bonchev–Trinajstić information content (AvgIpc) is 2.74. The molecule has 20 heavy (non-hydrogen) atoms. The molecule has 2 N–H and O–H groups in total. The van der Waals surface area contributed by atoms with Gasteiger partial charge in [-0.15, -0.1) is 0 Å². The summed E-state index contributed by atoms with van der Waals surface area (Å²) < 4.78 is 0. The Bertz CT molecular complexity index is 708. The van der Waals surface area contributed by atoms with Crippen LogP contribution < -0.4 is 0 Å². The number of aliphatic carboxylic acids is 2. The highest BCUT2D eigenvalue weighted by Crippen LogP contribution is 2.45. The fourth-order valence-corrected chi connectivity index (χ4v) is 2.59. The lowest BCUT2D eigenvalue weighted by Gasteiger charge is -2.05. The predicted octanol–water partition coefficient (Wildman–Crippen LogP) is 2.64. The van der Waals surface area contributed by atoms with Crippen molar-refractivity contribution in [2.75, 3.05) is 0 Å². The van der Waals surface area contributed by atoms with Gasteiger partial charge in [0.1, 0.15) is 0 Å². The number of carboxylic acid groups (broad SMARTS) is 2. The van der Waals surface area contributed by atoms with Gasteiger partial charge in [0.25, 0.3) is 0 Å². The first-order chi connectivity index (χ1) is 9.61. The van der Waals surface area contributed by atoms with Crippen LogP contribution in [0.5, 0.6) is 0 Å². The molecule has 0 bridgehead atoms. The molecule has 0 spiro atoms. The van der Waals surface area contributed by atoms with Gasteiger partial charge in [0.05, 0.1) is 0 Å². The zero-order valence-electron chi connectivity index (χ0n) is 10.3. The average molecular weight is 266 g/mol. The van der Waals surface area contributed by atoms with E-state index in [-0.39, 0.29) is 5.57 Å². The molecule has 98 valence electrons. The van der Waals surface area contributed by atoms with Crippen LogP contribution in [0, 0.1) is 0 Å². The molecule has 0 aromatic heterocycles. The van der Waals surface area contributed by atoms with Gasteiger partial charge in [0, 0.05) is 5.57 Å². The molecule has 0 unspecified atom stereocenters. The fraction of sp³-hybridized carbons (Fsp3) is 0. The van der Waals surface area contributed by atoms with Gasteiger partial charge >= 0.3 is 11.9 Å². The molecule has 0 aliphatic heterocycles. The summed E-state index contributed by atoms with van der Waals surface area (Å²) in [5, 5.41) is 18.4. The van der Waals surface area contributed by atoms with Crippen LogP contribution in [-0.4, -0.2) is 22.2 Å². The SMILES string of the molecule is O=C(O)C(C(=O)O)=C1c2ccccc2-c2ccccc21. The van der Waals surface area contributed by atoms with Gasteiger partial charge in [-0.3, -0.25) is 0 Å². The molecule has 4 nitrogen and oxygen atoms in total. The smallest absolute Gasteiger partial charge is 0.343 e. The first kappa shape index (κ1) is 12.2. The van der Waals surface area contributed by atoms with E-state index in [2.05, 4.69) is 0 Å². The molecule has 0 saturated heterocycles. The van der Waals surface area contributed by atoms with Crippen molar-refractivity contribution in [3.8, 4) is 11.1 Å². The minimum Gasteiger partial charge on any atom is -0.477 e. The van der Waals surface area contributed by atoms with E-state index in [9.17, 15) is 19.8 Å². The summed E-state index contributed by atoms with van der Waals surface area (Å²) in [4.78, 5) is 22.6. The number of fused-ring (bicyclic) bond motifs is 3. The third kappa shape index (κ3) is 1.62. The minimum absolute atomic E-state index is 0.274. The van der Waals surface area contributed by atoms with Crippen LogP contribution in [0.2, 0.25) is 0 Å². The summed E-state index contributed by atoms with van der Waals surface area (Å²) in [6.07, 6.45) is 0. The van der Waals surface area contributed by atoms with Crippen molar-refractivity contribution in [2.24, 2.45) is 0 Å². The lowest BCUT2D eigenvalue weighted by atomic mass is 9.98. The second kappa shape index (κ2) is 4.35. The molecule has 0 fully saturated rings. The second-order valence-corrected chi connectivity index (χ2v) is 4.45. The van der Waals surface area contributed by atoms with Crippen LogP contribution in [0.3, 0.4) is 0 Å². The van der Waals surface area contributed by atoms with Crippen molar-refractivity contribution >= 4 is 17.5 Å². The molecule has 0 atom stereocenters. The minimum atomic E-state index is -1.43. The predicted molar refractivity (Wildman–Crippen MR) is 73.2 cm³/mol. The molecule has 2 aromatic rings. The number of rotatable bonds is 2. The lowest BCUT2D eigenvalue weighted by molar-refractivity contribution is -0.140. The maximum atomic E-state index is 11.3. The Morgan fingerprint density at radius 1 is 0.650 bits per heavy atom. The van der Waals surface area contributed by atoms with Crippen molar-refractivity contribution in [3.05, 3.63) is 65.2 Å². The van der Waals surface area contributed by atoms with Crippen molar-refractivity contribution < 1.29 is 19.8 Å². The van der Waals surface area contributed by atoms with E-state index in [1.807, 2.05) is 24.3 Å². The van der Waals surface area contributed by atoms with Gasteiger partial charge in [-0.1, -0.05) is 48.5 Å². The zero-order chi connectivity index (χ0) is 14.3. The summed E-state index contributed by atoms with van der Waals surface area (Å²) in [6.45, 7) is 0. The summed E-state index contributed by atoms with van der Waals surface area (Å²) in [5.41, 5.74) is 2.69. The van der Waals surface area contributed by atoms with E-state index in [1.54, 1.807) is 24.3 Å². The Kier molecular flexibility index (Phi) is 2.64. The monoisotopic (exact) mass is 266 g/mol. The molecular weight excluding hydrogens is 256 g/mol. The van der Waals surface area contributed by atoms with Gasteiger partial charge in [-0.05, 0) is 22.3 Å². The molecule has 0 amide bonds. The van der Waals surface area contributed by atoms with E-state index in [0.29, 0.717) is 11.1 Å². The molecule has 0 saturated carbocycles. The first-order valence-electron chi connectivity index (χ1n) is 6.01. The quantitative estimate of drug-likeness (QED) is 0.425. The van der Waals surface area contributed by atoms with E-state index >= 15 is 0 Å². The second-order valence-electron chi connectivity index (χ2n) is 4.45. The molecular formula is C16H10O4. The van der Waals surface area contributed by atoms with Crippen LogP contribution in [0.1, 0.15) is 11.1 Å². The van der Waals surface area contributed by atoms with Crippen LogP contribution in [0.4, 0.5) is 0 Å². The van der Waals surface area contributed by atoms with Gasteiger partial charge in [0.2, 0.25) is 0 Å². The van der Waals surface area contributed by atoms with Crippen molar-refractivity contribution in [2.45, 2.75) is 0 Å². The van der Waals surface area contributed by atoms with Gasteiger partial charge < -0.3 is 10.2 Å². The first-order valence-corrected chi connectivity index (χ1v) is 6.01. The number of hydrogen-bond acceptors (Lipinski definition) is 2. The highest BCUT2D eigenvalue weighted by Gasteiger charge is 2.31.